The number of nitrogens with two attached hydrogens (primary N) is 1. The first-order valence-corrected chi connectivity index (χ1v) is 7.53. The molecule has 5 heteroatoms. The van der Waals surface area contributed by atoms with Crippen molar-refractivity contribution in [2.75, 3.05) is 13.2 Å². The van der Waals surface area contributed by atoms with E-state index >= 15 is 0 Å². The molecular formula is C14H24N2O2S. The number of aromatic nitrogens is 1. The number of thiazole rings is 1. The molecular weight excluding hydrogens is 260 g/mol. The highest BCUT2D eigenvalue weighted by Crippen LogP contribution is 2.33. The predicted molar refractivity (Wildman–Crippen MR) is 78.1 cm³/mol. The Bertz CT molecular complexity index is 417. The number of nitrogens with zero attached hydrogens (tertiary/aromatic N) is 1. The summed E-state index contributed by atoms with van der Waals surface area (Å²) in [5.41, 5.74) is 5.30. The van der Waals surface area contributed by atoms with E-state index in [4.69, 9.17) is 10.5 Å². The summed E-state index contributed by atoms with van der Waals surface area (Å²) in [6.07, 6.45) is 3.19. The van der Waals surface area contributed by atoms with Crippen LogP contribution in [0.25, 0.3) is 0 Å². The lowest BCUT2D eigenvalue weighted by molar-refractivity contribution is -0.156. The Labute approximate surface area is 119 Å². The molecule has 0 radical (unpaired) electrons. The third kappa shape index (κ3) is 4.28. The number of aryl methyl sites for hydroxylation is 1. The smallest absolute Gasteiger partial charge is 0.313 e. The molecule has 1 heterocycles. The molecule has 0 spiro atoms. The number of rotatable bonds is 7. The average molecular weight is 284 g/mol. The second kappa shape index (κ2) is 7.01. The van der Waals surface area contributed by atoms with E-state index < -0.39 is 5.41 Å². The standard InChI is InChI=1S/C14H24N2O2S/c1-5-18-13(17)14(9-15,6-10(2)3)7-12-8-16-11(4)19-12/h8,10H,5-7,9,15H2,1-4H3. The van der Waals surface area contributed by atoms with E-state index in [-0.39, 0.29) is 5.97 Å². The molecule has 0 aromatic carbocycles. The number of esters is 1. The minimum Gasteiger partial charge on any atom is -0.466 e. The maximum Gasteiger partial charge on any atom is 0.313 e. The highest BCUT2D eigenvalue weighted by Gasteiger charge is 2.39. The van der Waals surface area contributed by atoms with Crippen molar-refractivity contribution in [3.63, 3.8) is 0 Å². The van der Waals surface area contributed by atoms with Crippen molar-refractivity contribution >= 4 is 17.3 Å². The first-order chi connectivity index (χ1) is 8.93. The SMILES string of the molecule is CCOC(=O)C(CN)(Cc1cnc(C)s1)CC(C)C. The van der Waals surface area contributed by atoms with Gasteiger partial charge in [-0.05, 0) is 26.2 Å². The van der Waals surface area contributed by atoms with Crippen LogP contribution in [-0.2, 0) is 16.0 Å². The molecule has 0 fully saturated rings. The number of hydrogen-bond acceptors (Lipinski definition) is 5. The Kier molecular flexibility index (Phi) is 5.94. The monoisotopic (exact) mass is 284 g/mol. The molecule has 1 rings (SSSR count). The summed E-state index contributed by atoms with van der Waals surface area (Å²) >= 11 is 1.62. The summed E-state index contributed by atoms with van der Waals surface area (Å²) in [7, 11) is 0. The average Bonchev–Trinajstić information content (AvgIpc) is 2.73. The Hall–Kier alpha value is -0.940. The fourth-order valence-corrected chi connectivity index (χ4v) is 3.29. The van der Waals surface area contributed by atoms with Gasteiger partial charge in [0.15, 0.2) is 0 Å². The van der Waals surface area contributed by atoms with Crippen LogP contribution in [0.15, 0.2) is 6.20 Å². The molecule has 2 N–H and O–H groups in total. The van der Waals surface area contributed by atoms with Crippen molar-refractivity contribution in [1.82, 2.24) is 4.98 Å². The summed E-state index contributed by atoms with van der Waals surface area (Å²) in [6, 6.07) is 0. The Morgan fingerprint density at radius 3 is 2.68 bits per heavy atom. The van der Waals surface area contributed by atoms with Crippen LogP contribution in [-0.4, -0.2) is 24.1 Å². The van der Waals surface area contributed by atoms with Crippen LogP contribution in [0.5, 0.6) is 0 Å². The van der Waals surface area contributed by atoms with Crippen LogP contribution < -0.4 is 5.73 Å². The summed E-state index contributed by atoms with van der Waals surface area (Å²) in [5, 5.41) is 1.01. The van der Waals surface area contributed by atoms with Gasteiger partial charge in [0.05, 0.1) is 17.0 Å². The largest absolute Gasteiger partial charge is 0.466 e. The Morgan fingerprint density at radius 1 is 1.58 bits per heavy atom. The van der Waals surface area contributed by atoms with Gasteiger partial charge in [-0.3, -0.25) is 4.79 Å². The molecule has 0 aliphatic heterocycles. The summed E-state index contributed by atoms with van der Waals surface area (Å²) in [5.74, 6) is 0.208. The molecule has 0 aliphatic carbocycles. The molecule has 0 amide bonds. The maximum atomic E-state index is 12.3. The van der Waals surface area contributed by atoms with Crippen LogP contribution in [0.4, 0.5) is 0 Å². The normalized spacial score (nSPS) is 14.4. The predicted octanol–water partition coefficient (Wildman–Crippen LogP) is 2.55. The van der Waals surface area contributed by atoms with Crippen LogP contribution in [0.3, 0.4) is 0 Å². The third-order valence-electron chi connectivity index (χ3n) is 3.08. The van der Waals surface area contributed by atoms with Crippen LogP contribution in [0.1, 0.15) is 37.1 Å². The molecule has 0 aliphatic rings. The molecule has 1 unspecified atom stereocenters. The number of hydrogen-bond donors (Lipinski definition) is 1. The van der Waals surface area contributed by atoms with Gasteiger partial charge in [-0.2, -0.15) is 0 Å². The van der Waals surface area contributed by atoms with Crippen LogP contribution >= 0.6 is 11.3 Å². The molecule has 19 heavy (non-hydrogen) atoms. The van der Waals surface area contributed by atoms with Crippen molar-refractivity contribution in [3.8, 4) is 0 Å². The highest BCUT2D eigenvalue weighted by atomic mass is 32.1. The van der Waals surface area contributed by atoms with Gasteiger partial charge >= 0.3 is 5.97 Å². The molecule has 4 nitrogen and oxygen atoms in total. The second-order valence-corrected chi connectivity index (χ2v) is 6.64. The lowest BCUT2D eigenvalue weighted by atomic mass is 9.77. The van der Waals surface area contributed by atoms with E-state index in [1.807, 2.05) is 20.0 Å². The minimum absolute atomic E-state index is 0.183. The maximum absolute atomic E-state index is 12.3. The zero-order valence-electron chi connectivity index (χ0n) is 12.2. The zero-order chi connectivity index (χ0) is 14.5. The van der Waals surface area contributed by atoms with Crippen molar-refractivity contribution in [3.05, 3.63) is 16.1 Å². The Balaban J connectivity index is 2.98. The zero-order valence-corrected chi connectivity index (χ0v) is 13.0. The van der Waals surface area contributed by atoms with Gasteiger partial charge in [-0.25, -0.2) is 4.98 Å². The van der Waals surface area contributed by atoms with Crippen molar-refractivity contribution in [2.24, 2.45) is 17.1 Å². The molecule has 0 saturated heterocycles. The molecule has 0 saturated carbocycles. The van der Waals surface area contributed by atoms with E-state index in [0.29, 0.717) is 25.5 Å². The molecule has 1 aromatic rings. The van der Waals surface area contributed by atoms with Gasteiger partial charge in [-0.15, -0.1) is 11.3 Å². The third-order valence-corrected chi connectivity index (χ3v) is 3.99. The lowest BCUT2D eigenvalue weighted by Crippen LogP contribution is -2.43. The molecule has 108 valence electrons. The summed E-state index contributed by atoms with van der Waals surface area (Å²) < 4.78 is 5.24. The molecule has 1 aromatic heterocycles. The second-order valence-electron chi connectivity index (χ2n) is 5.33. The number of carbonyl (C=O) groups excluding carboxylic acids is 1. The Morgan fingerprint density at radius 2 is 2.26 bits per heavy atom. The summed E-state index contributed by atoms with van der Waals surface area (Å²) in [4.78, 5) is 17.7. The first-order valence-electron chi connectivity index (χ1n) is 6.72. The van der Waals surface area contributed by atoms with Crippen molar-refractivity contribution < 1.29 is 9.53 Å². The van der Waals surface area contributed by atoms with Crippen molar-refractivity contribution in [1.29, 1.82) is 0 Å². The quantitative estimate of drug-likeness (QED) is 0.781. The summed E-state index contributed by atoms with van der Waals surface area (Å²) in [6.45, 7) is 8.68. The van der Waals surface area contributed by atoms with Crippen LogP contribution in [0, 0.1) is 18.3 Å². The van der Waals surface area contributed by atoms with Gasteiger partial charge in [0.25, 0.3) is 0 Å². The van der Waals surface area contributed by atoms with Gasteiger partial charge in [0.2, 0.25) is 0 Å². The lowest BCUT2D eigenvalue weighted by Gasteiger charge is -2.31. The van der Waals surface area contributed by atoms with Crippen molar-refractivity contribution in [2.45, 2.75) is 40.5 Å². The highest BCUT2D eigenvalue weighted by molar-refractivity contribution is 7.11. The van der Waals surface area contributed by atoms with Gasteiger partial charge in [0.1, 0.15) is 0 Å². The van der Waals surface area contributed by atoms with Gasteiger partial charge < -0.3 is 10.5 Å². The fourth-order valence-electron chi connectivity index (χ4n) is 2.35. The van der Waals surface area contributed by atoms with E-state index in [0.717, 1.165) is 16.3 Å². The number of ether oxygens (including phenoxy) is 1. The van der Waals surface area contributed by atoms with Gasteiger partial charge in [0, 0.05) is 24.0 Å². The van der Waals surface area contributed by atoms with E-state index in [1.54, 1.807) is 11.3 Å². The van der Waals surface area contributed by atoms with Crippen LogP contribution in [0.2, 0.25) is 0 Å². The number of carbonyl (C=O) groups is 1. The minimum atomic E-state index is -0.622. The van der Waals surface area contributed by atoms with E-state index in [9.17, 15) is 4.79 Å². The van der Waals surface area contributed by atoms with E-state index in [2.05, 4.69) is 18.8 Å². The van der Waals surface area contributed by atoms with Gasteiger partial charge in [-0.1, -0.05) is 13.8 Å². The molecule has 0 bridgehead atoms. The van der Waals surface area contributed by atoms with E-state index in [1.165, 1.54) is 0 Å². The fraction of sp³-hybridized carbons (Fsp3) is 0.714. The first kappa shape index (κ1) is 16.1. The molecule has 1 atom stereocenters. The topological polar surface area (TPSA) is 65.2 Å².